The van der Waals surface area contributed by atoms with Crippen LogP contribution >= 0.6 is 0 Å². The van der Waals surface area contributed by atoms with Crippen LogP contribution in [0.5, 0.6) is 0 Å². The number of carbonyl (C=O) groups excluding carboxylic acids is 2. The largest absolute Gasteiger partial charge is 0.339 e. The minimum atomic E-state index is -1.00. The summed E-state index contributed by atoms with van der Waals surface area (Å²) >= 11 is 0. The second kappa shape index (κ2) is 10.5. The molecule has 2 fully saturated rings. The van der Waals surface area contributed by atoms with Gasteiger partial charge < -0.3 is 9.80 Å². The van der Waals surface area contributed by atoms with E-state index in [9.17, 15) is 18.4 Å². The summed E-state index contributed by atoms with van der Waals surface area (Å²) in [5, 5.41) is 0. The van der Waals surface area contributed by atoms with Crippen LogP contribution in [0, 0.1) is 11.6 Å². The summed E-state index contributed by atoms with van der Waals surface area (Å²) < 4.78 is 26.9. The van der Waals surface area contributed by atoms with Crippen molar-refractivity contribution >= 4 is 17.6 Å². The van der Waals surface area contributed by atoms with Crippen LogP contribution in [0.4, 0.5) is 19.3 Å². The Morgan fingerprint density at radius 2 is 1.36 bits per heavy atom. The Bertz CT molecular complexity index is 1180. The zero-order chi connectivity index (χ0) is 25.1. The van der Waals surface area contributed by atoms with E-state index >= 15 is 0 Å². The Morgan fingerprint density at radius 1 is 0.750 bits per heavy atom. The summed E-state index contributed by atoms with van der Waals surface area (Å²) in [5.41, 5.74) is 2.71. The Labute approximate surface area is 209 Å². The second-order valence-corrected chi connectivity index (χ2v) is 9.09. The zero-order valence-electron chi connectivity index (χ0n) is 19.9. The smallest absolute Gasteiger partial charge is 0.325 e. The Kier molecular flexibility index (Phi) is 6.95. The van der Waals surface area contributed by atoms with Crippen LogP contribution in [0.3, 0.4) is 0 Å². The Morgan fingerprint density at radius 3 is 1.94 bits per heavy atom. The number of nitrogens with zero attached hydrogens (tertiary/aromatic N) is 4. The van der Waals surface area contributed by atoms with E-state index in [2.05, 4.69) is 29.2 Å². The first-order valence-corrected chi connectivity index (χ1v) is 12.1. The number of piperazine rings is 1. The first kappa shape index (κ1) is 23.9. The quantitative estimate of drug-likeness (QED) is 0.522. The molecule has 2 aliphatic rings. The molecule has 0 bridgehead atoms. The number of carbonyl (C=O) groups is 2. The normalized spacial score (nSPS) is 16.8. The van der Waals surface area contributed by atoms with Crippen molar-refractivity contribution in [2.75, 3.05) is 50.7 Å². The van der Waals surface area contributed by atoms with Crippen LogP contribution in [-0.4, -0.2) is 72.5 Å². The summed E-state index contributed by atoms with van der Waals surface area (Å²) in [6, 6.07) is 23.8. The van der Waals surface area contributed by atoms with Crippen LogP contribution in [-0.2, 0) is 4.79 Å². The molecule has 0 aromatic heterocycles. The highest BCUT2D eigenvalue weighted by molar-refractivity contribution is 5.96. The van der Waals surface area contributed by atoms with Crippen molar-refractivity contribution in [3.8, 4) is 0 Å². The van der Waals surface area contributed by atoms with Gasteiger partial charge in [-0.3, -0.25) is 14.6 Å². The molecule has 3 aromatic carbocycles. The van der Waals surface area contributed by atoms with Crippen molar-refractivity contribution in [3.05, 3.63) is 102 Å². The highest BCUT2D eigenvalue weighted by atomic mass is 19.2. The summed E-state index contributed by atoms with van der Waals surface area (Å²) in [6.07, 6.45) is 0. The maximum absolute atomic E-state index is 13.6. The average Bonchev–Trinajstić information content (AvgIpc) is 3.27. The van der Waals surface area contributed by atoms with Gasteiger partial charge in [0.25, 0.3) is 0 Å². The number of halogens is 2. The third-order valence-corrected chi connectivity index (χ3v) is 6.90. The first-order chi connectivity index (χ1) is 17.5. The van der Waals surface area contributed by atoms with Crippen LogP contribution in [0.2, 0.25) is 0 Å². The van der Waals surface area contributed by atoms with Gasteiger partial charge in [0, 0.05) is 51.0 Å². The molecule has 3 aromatic rings. The van der Waals surface area contributed by atoms with Crippen molar-refractivity contribution < 1.29 is 18.4 Å². The standard InChI is InChI=1S/C28H28F2N4O2/c29-24-12-11-23(19-25(24)30)34-18-17-33(28(34)36)20-26(35)31-13-15-32(16-14-31)27(21-7-3-1-4-8-21)22-9-5-2-6-10-22/h1-12,19,27H,13-18,20H2. The fourth-order valence-corrected chi connectivity index (χ4v) is 5.00. The monoisotopic (exact) mass is 490 g/mol. The maximum atomic E-state index is 13.6. The molecule has 0 atom stereocenters. The van der Waals surface area contributed by atoms with Crippen LogP contribution < -0.4 is 4.90 Å². The number of urea groups is 1. The van der Waals surface area contributed by atoms with Crippen molar-refractivity contribution in [1.29, 1.82) is 0 Å². The van der Waals surface area contributed by atoms with Gasteiger partial charge in [-0.1, -0.05) is 60.7 Å². The van der Waals surface area contributed by atoms with Crippen LogP contribution in [0.15, 0.2) is 78.9 Å². The maximum Gasteiger partial charge on any atom is 0.325 e. The van der Waals surface area contributed by atoms with Crippen molar-refractivity contribution in [1.82, 2.24) is 14.7 Å². The topological polar surface area (TPSA) is 47.1 Å². The molecule has 0 unspecified atom stereocenters. The number of benzene rings is 3. The lowest BCUT2D eigenvalue weighted by Gasteiger charge is -2.40. The van der Waals surface area contributed by atoms with Gasteiger partial charge in [-0.2, -0.15) is 0 Å². The van der Waals surface area contributed by atoms with E-state index in [0.717, 1.165) is 25.2 Å². The van der Waals surface area contributed by atoms with Gasteiger partial charge >= 0.3 is 6.03 Å². The average molecular weight is 491 g/mol. The van der Waals surface area contributed by atoms with E-state index in [-0.39, 0.29) is 30.2 Å². The molecule has 2 heterocycles. The number of rotatable bonds is 6. The molecule has 6 nitrogen and oxygen atoms in total. The second-order valence-electron chi connectivity index (χ2n) is 9.09. The molecule has 0 radical (unpaired) electrons. The van der Waals surface area contributed by atoms with E-state index in [1.807, 2.05) is 36.4 Å². The van der Waals surface area contributed by atoms with Crippen LogP contribution in [0.25, 0.3) is 0 Å². The third kappa shape index (κ3) is 4.95. The lowest BCUT2D eigenvalue weighted by atomic mass is 9.96. The van der Waals surface area contributed by atoms with Gasteiger partial charge in [-0.25, -0.2) is 13.6 Å². The molecule has 186 valence electrons. The number of hydrogen-bond donors (Lipinski definition) is 0. The van der Waals surface area contributed by atoms with E-state index in [1.165, 1.54) is 27.0 Å². The highest BCUT2D eigenvalue weighted by Crippen LogP contribution is 2.29. The minimum absolute atomic E-state index is 0.0280. The number of anilines is 1. The minimum Gasteiger partial charge on any atom is -0.339 e. The van der Waals surface area contributed by atoms with Crippen molar-refractivity contribution in [2.24, 2.45) is 0 Å². The molecule has 8 heteroatoms. The highest BCUT2D eigenvalue weighted by Gasteiger charge is 2.34. The van der Waals surface area contributed by atoms with Crippen molar-refractivity contribution in [3.63, 3.8) is 0 Å². The fourth-order valence-electron chi connectivity index (χ4n) is 5.00. The summed E-state index contributed by atoms with van der Waals surface area (Å²) in [7, 11) is 0. The van der Waals surface area contributed by atoms with Crippen LogP contribution in [0.1, 0.15) is 17.2 Å². The molecule has 0 aliphatic carbocycles. The van der Waals surface area contributed by atoms with E-state index in [4.69, 9.17) is 0 Å². The molecule has 0 spiro atoms. The first-order valence-electron chi connectivity index (χ1n) is 12.1. The van der Waals surface area contributed by atoms with Crippen molar-refractivity contribution in [2.45, 2.75) is 6.04 Å². The molecular weight excluding hydrogens is 462 g/mol. The van der Waals surface area contributed by atoms with Gasteiger partial charge in [0.15, 0.2) is 11.6 Å². The van der Waals surface area contributed by atoms with Gasteiger partial charge in [-0.05, 0) is 23.3 Å². The molecule has 2 aliphatic heterocycles. The Hall–Kier alpha value is -3.78. The van der Waals surface area contributed by atoms with Gasteiger partial charge in [0.1, 0.15) is 6.54 Å². The molecule has 5 rings (SSSR count). The zero-order valence-corrected chi connectivity index (χ0v) is 19.9. The Balaban J connectivity index is 1.20. The number of hydrogen-bond acceptors (Lipinski definition) is 3. The predicted octanol–water partition coefficient (Wildman–Crippen LogP) is 4.14. The fraction of sp³-hybridized carbons (Fsp3) is 0.286. The predicted molar refractivity (Wildman–Crippen MR) is 134 cm³/mol. The summed E-state index contributed by atoms with van der Waals surface area (Å²) in [5.74, 6) is -2.07. The summed E-state index contributed by atoms with van der Waals surface area (Å²) in [6.45, 7) is 3.23. The molecular formula is C28H28F2N4O2. The van der Waals surface area contributed by atoms with E-state index in [1.54, 1.807) is 4.90 Å². The molecule has 0 saturated carbocycles. The molecule has 36 heavy (non-hydrogen) atoms. The molecule has 2 saturated heterocycles. The number of amides is 3. The van der Waals surface area contributed by atoms with Gasteiger partial charge in [0.05, 0.1) is 6.04 Å². The summed E-state index contributed by atoms with van der Waals surface area (Å²) in [4.78, 5) is 32.9. The van der Waals surface area contributed by atoms with E-state index < -0.39 is 11.6 Å². The third-order valence-electron chi connectivity index (χ3n) is 6.90. The molecule has 0 N–H and O–H groups in total. The lowest BCUT2D eigenvalue weighted by molar-refractivity contribution is -0.133. The van der Waals surface area contributed by atoms with Gasteiger partial charge in [-0.15, -0.1) is 0 Å². The van der Waals surface area contributed by atoms with Gasteiger partial charge in [0.2, 0.25) is 5.91 Å². The SMILES string of the molecule is O=C(CN1CCN(c2ccc(F)c(F)c2)C1=O)N1CCN(C(c2ccccc2)c2ccccc2)CC1. The molecule has 3 amide bonds. The van der Waals surface area contributed by atoms with E-state index in [0.29, 0.717) is 26.2 Å². The lowest BCUT2D eigenvalue weighted by Crippen LogP contribution is -2.52.